The lowest BCUT2D eigenvalue weighted by atomic mass is 9.99. The summed E-state index contributed by atoms with van der Waals surface area (Å²) >= 11 is 0. The molecule has 1 saturated heterocycles. The maximum absolute atomic E-state index is 13.0. The highest BCUT2D eigenvalue weighted by molar-refractivity contribution is 6.46. The number of unbranched alkanes of at least 4 members (excludes halogenated alkanes) is 1. The molecule has 1 aromatic heterocycles. The van der Waals surface area contributed by atoms with E-state index >= 15 is 0 Å². The lowest BCUT2D eigenvalue weighted by Crippen LogP contribution is -2.32. The van der Waals surface area contributed by atoms with Crippen molar-refractivity contribution in [2.24, 2.45) is 0 Å². The Morgan fingerprint density at radius 3 is 2.62 bits per heavy atom. The van der Waals surface area contributed by atoms with E-state index in [1.807, 2.05) is 19.0 Å². The molecule has 1 aromatic carbocycles. The van der Waals surface area contributed by atoms with Gasteiger partial charge in [0.25, 0.3) is 11.7 Å². The molecule has 2 heterocycles. The minimum Gasteiger partial charge on any atom is -0.507 e. The molecule has 1 aliphatic rings. The summed E-state index contributed by atoms with van der Waals surface area (Å²) in [5.41, 5.74) is 0.471. The van der Waals surface area contributed by atoms with Gasteiger partial charge in [0.15, 0.2) is 0 Å². The Balaban J connectivity index is 1.99. The van der Waals surface area contributed by atoms with Crippen molar-refractivity contribution in [2.45, 2.75) is 39.2 Å². The molecular weight excluding hydrogens is 408 g/mol. The summed E-state index contributed by atoms with van der Waals surface area (Å²) in [5, 5.41) is 11.1. The highest BCUT2D eigenvalue weighted by Crippen LogP contribution is 2.40. The lowest BCUT2D eigenvalue weighted by Gasteiger charge is -2.24. The first kappa shape index (κ1) is 23.6. The molecular formula is C25H32N2O5. The van der Waals surface area contributed by atoms with Crippen molar-refractivity contribution in [2.75, 3.05) is 33.8 Å². The van der Waals surface area contributed by atoms with Crippen LogP contribution in [-0.4, -0.2) is 60.4 Å². The zero-order chi connectivity index (χ0) is 23.3. The number of hydrogen-bond acceptors (Lipinski definition) is 6. The Labute approximate surface area is 189 Å². The van der Waals surface area contributed by atoms with Crippen LogP contribution in [0.5, 0.6) is 5.75 Å². The van der Waals surface area contributed by atoms with Crippen molar-refractivity contribution in [3.8, 4) is 5.75 Å². The SMILES string of the molecule is CCCCOc1cccc(C(O)=C2C(=O)C(=O)N(CCCN(C)C)C2c2ccc(C)o2)c1. The molecule has 0 radical (unpaired) electrons. The predicted molar refractivity (Wildman–Crippen MR) is 122 cm³/mol. The lowest BCUT2D eigenvalue weighted by molar-refractivity contribution is -0.140. The van der Waals surface area contributed by atoms with Gasteiger partial charge >= 0.3 is 0 Å². The number of nitrogens with zero attached hydrogens (tertiary/aromatic N) is 2. The third-order valence-electron chi connectivity index (χ3n) is 5.45. The fourth-order valence-corrected chi connectivity index (χ4v) is 3.79. The molecule has 1 N–H and O–H groups in total. The molecule has 172 valence electrons. The van der Waals surface area contributed by atoms with Gasteiger partial charge in [-0.2, -0.15) is 0 Å². The van der Waals surface area contributed by atoms with Crippen LogP contribution in [0.15, 0.2) is 46.4 Å². The Morgan fingerprint density at radius 2 is 1.97 bits per heavy atom. The van der Waals surface area contributed by atoms with Gasteiger partial charge in [0.1, 0.15) is 29.1 Å². The predicted octanol–water partition coefficient (Wildman–Crippen LogP) is 4.14. The summed E-state index contributed by atoms with van der Waals surface area (Å²) in [4.78, 5) is 29.4. The van der Waals surface area contributed by atoms with Gasteiger partial charge in [0.2, 0.25) is 0 Å². The number of benzene rings is 1. The molecule has 1 amide bonds. The van der Waals surface area contributed by atoms with Crippen molar-refractivity contribution < 1.29 is 23.8 Å². The first-order chi connectivity index (χ1) is 15.3. The number of likely N-dealkylation sites (tertiary alicyclic amines) is 1. The summed E-state index contributed by atoms with van der Waals surface area (Å²) in [6, 6.07) is 9.73. The smallest absolute Gasteiger partial charge is 0.295 e. The molecule has 1 aliphatic heterocycles. The Hall–Kier alpha value is -3.06. The van der Waals surface area contributed by atoms with Crippen molar-refractivity contribution in [3.05, 3.63) is 59.1 Å². The highest BCUT2D eigenvalue weighted by atomic mass is 16.5. The second-order valence-corrected chi connectivity index (χ2v) is 8.33. The number of Topliss-reactive ketones (excluding diaryl/α,β-unsaturated/α-hetero) is 1. The molecule has 1 fully saturated rings. The van der Waals surface area contributed by atoms with Crippen LogP contribution in [0.25, 0.3) is 5.76 Å². The minimum atomic E-state index is -0.768. The maximum atomic E-state index is 13.0. The van der Waals surface area contributed by atoms with Crippen molar-refractivity contribution in [1.82, 2.24) is 9.80 Å². The normalized spacial score (nSPS) is 18.0. The van der Waals surface area contributed by atoms with E-state index < -0.39 is 17.7 Å². The maximum Gasteiger partial charge on any atom is 0.295 e. The molecule has 1 unspecified atom stereocenters. The van der Waals surface area contributed by atoms with E-state index in [1.165, 1.54) is 4.90 Å². The van der Waals surface area contributed by atoms with Gasteiger partial charge < -0.3 is 24.1 Å². The standard InChI is InChI=1S/C25H32N2O5/c1-5-6-15-31-19-10-7-9-18(16-19)23(28)21-22(20-12-11-17(2)32-20)27(25(30)24(21)29)14-8-13-26(3)4/h7,9-12,16,22,28H,5-6,8,13-15H2,1-4H3. The molecule has 0 bridgehead atoms. The Morgan fingerprint density at radius 1 is 1.19 bits per heavy atom. The van der Waals surface area contributed by atoms with E-state index in [0.717, 1.165) is 19.4 Å². The largest absolute Gasteiger partial charge is 0.507 e. The molecule has 7 heteroatoms. The summed E-state index contributed by atoms with van der Waals surface area (Å²) < 4.78 is 11.5. The number of amides is 1. The monoisotopic (exact) mass is 440 g/mol. The van der Waals surface area contributed by atoms with E-state index in [-0.39, 0.29) is 11.3 Å². The number of rotatable bonds is 10. The minimum absolute atomic E-state index is 0.0416. The van der Waals surface area contributed by atoms with Crippen LogP contribution in [0.2, 0.25) is 0 Å². The van der Waals surface area contributed by atoms with Crippen molar-refractivity contribution >= 4 is 17.4 Å². The quantitative estimate of drug-likeness (QED) is 0.259. The van der Waals surface area contributed by atoms with E-state index in [4.69, 9.17) is 9.15 Å². The first-order valence-electron chi connectivity index (χ1n) is 11.1. The second kappa shape index (κ2) is 10.5. The van der Waals surface area contributed by atoms with Crippen LogP contribution in [0.3, 0.4) is 0 Å². The molecule has 2 aromatic rings. The van der Waals surface area contributed by atoms with Crippen molar-refractivity contribution in [3.63, 3.8) is 0 Å². The van der Waals surface area contributed by atoms with Crippen LogP contribution in [0.1, 0.15) is 49.3 Å². The number of ketones is 1. The van der Waals surface area contributed by atoms with Gasteiger partial charge in [-0.15, -0.1) is 0 Å². The zero-order valence-electron chi connectivity index (χ0n) is 19.3. The topological polar surface area (TPSA) is 83.2 Å². The van der Waals surface area contributed by atoms with Gasteiger partial charge in [-0.1, -0.05) is 25.5 Å². The van der Waals surface area contributed by atoms with Crippen LogP contribution in [0, 0.1) is 6.92 Å². The fourth-order valence-electron chi connectivity index (χ4n) is 3.79. The summed E-state index contributed by atoms with van der Waals surface area (Å²) in [7, 11) is 3.91. The van der Waals surface area contributed by atoms with Crippen molar-refractivity contribution in [1.29, 1.82) is 0 Å². The zero-order valence-corrected chi connectivity index (χ0v) is 19.3. The van der Waals surface area contributed by atoms with Crippen LogP contribution in [-0.2, 0) is 9.59 Å². The van der Waals surface area contributed by atoms with Gasteiger partial charge in [-0.05, 0) is 64.7 Å². The number of aryl methyl sites for hydroxylation is 1. The molecule has 1 atom stereocenters. The number of ether oxygens (including phenoxy) is 1. The molecule has 0 spiro atoms. The Kier molecular flexibility index (Phi) is 7.75. The van der Waals surface area contributed by atoms with E-state index in [9.17, 15) is 14.7 Å². The van der Waals surface area contributed by atoms with Gasteiger partial charge in [0, 0.05) is 12.1 Å². The second-order valence-electron chi connectivity index (χ2n) is 8.33. The Bertz CT molecular complexity index is 992. The molecule has 0 aliphatic carbocycles. The number of aliphatic hydroxyl groups excluding tert-OH is 1. The number of carbonyl (C=O) groups is 2. The average molecular weight is 441 g/mol. The number of hydrogen-bond donors (Lipinski definition) is 1. The average Bonchev–Trinajstić information content (AvgIpc) is 3.29. The fraction of sp³-hybridized carbons (Fsp3) is 0.440. The van der Waals surface area contributed by atoms with Gasteiger partial charge in [0.05, 0.1) is 12.2 Å². The highest BCUT2D eigenvalue weighted by Gasteiger charge is 2.47. The van der Waals surface area contributed by atoms with Gasteiger partial charge in [-0.3, -0.25) is 9.59 Å². The number of furan rings is 1. The molecule has 3 rings (SSSR count). The van der Waals surface area contributed by atoms with E-state index in [2.05, 4.69) is 6.92 Å². The number of aliphatic hydroxyl groups is 1. The number of carbonyl (C=O) groups excluding carboxylic acids is 2. The third-order valence-corrected chi connectivity index (χ3v) is 5.45. The molecule has 32 heavy (non-hydrogen) atoms. The van der Waals surface area contributed by atoms with Crippen LogP contribution < -0.4 is 4.74 Å². The van der Waals surface area contributed by atoms with Gasteiger partial charge in [-0.25, -0.2) is 0 Å². The summed E-state index contributed by atoms with van der Waals surface area (Å²) in [6.45, 7) is 5.61. The molecule has 0 saturated carbocycles. The van der Waals surface area contributed by atoms with Crippen LogP contribution >= 0.6 is 0 Å². The van der Waals surface area contributed by atoms with Crippen LogP contribution in [0.4, 0.5) is 0 Å². The summed E-state index contributed by atoms with van der Waals surface area (Å²) in [6.07, 6.45) is 2.63. The van der Waals surface area contributed by atoms with E-state index in [0.29, 0.717) is 42.4 Å². The van der Waals surface area contributed by atoms with E-state index in [1.54, 1.807) is 43.3 Å². The molecule has 7 nitrogen and oxygen atoms in total. The third kappa shape index (κ3) is 5.22. The first-order valence-corrected chi connectivity index (χ1v) is 11.1. The summed E-state index contributed by atoms with van der Waals surface area (Å²) in [5.74, 6) is 0.184.